The summed E-state index contributed by atoms with van der Waals surface area (Å²) in [6.45, 7) is 3.04. The van der Waals surface area contributed by atoms with Gasteiger partial charge in [-0.25, -0.2) is 4.39 Å². The van der Waals surface area contributed by atoms with Crippen molar-refractivity contribution in [1.29, 1.82) is 0 Å². The summed E-state index contributed by atoms with van der Waals surface area (Å²) in [7, 11) is 1.64. The van der Waals surface area contributed by atoms with Gasteiger partial charge in [0.15, 0.2) is 0 Å². The standard InChI is InChI=1S/C35H39BrFN3O4/c1-42-28-11-13-29(14-12-28)43-20-18-40(27-9-10-27)34(41)30-16-17-35(23-38-22-32(30)39-35)25-6-4-24(5-7-25)3-2-19-44-33-21-26(37)8-15-31(33)36/h4-8,11-16,21,27,32,38-39H,2-3,9-10,17-20,22-23H2,1H3. The zero-order valence-corrected chi connectivity index (χ0v) is 26.6. The van der Waals surface area contributed by atoms with Crippen LogP contribution in [0.25, 0.3) is 0 Å². The number of piperazine rings is 1. The maximum Gasteiger partial charge on any atom is 0.251 e. The van der Waals surface area contributed by atoms with Crippen molar-refractivity contribution in [3.63, 3.8) is 0 Å². The number of ether oxygens (including phenoxy) is 3. The summed E-state index contributed by atoms with van der Waals surface area (Å²) < 4.78 is 31.2. The quantitative estimate of drug-likeness (QED) is 0.227. The Labute approximate surface area is 266 Å². The molecule has 0 aromatic heterocycles. The van der Waals surface area contributed by atoms with Crippen molar-refractivity contribution in [3.8, 4) is 17.2 Å². The molecule has 6 rings (SSSR count). The molecular formula is C35H39BrFN3O4. The fourth-order valence-electron chi connectivity index (χ4n) is 6.12. The average molecular weight is 665 g/mol. The molecule has 2 bridgehead atoms. The highest BCUT2D eigenvalue weighted by molar-refractivity contribution is 9.10. The van der Waals surface area contributed by atoms with Crippen LogP contribution in [0.15, 0.2) is 82.9 Å². The summed E-state index contributed by atoms with van der Waals surface area (Å²) in [5.41, 5.74) is 3.05. The Morgan fingerprint density at radius 2 is 1.80 bits per heavy atom. The smallest absolute Gasteiger partial charge is 0.251 e. The molecule has 44 heavy (non-hydrogen) atoms. The number of carbonyl (C=O) groups is 1. The zero-order chi connectivity index (χ0) is 30.5. The molecule has 1 saturated heterocycles. The van der Waals surface area contributed by atoms with Gasteiger partial charge in [0.2, 0.25) is 0 Å². The summed E-state index contributed by atoms with van der Waals surface area (Å²) in [6, 6.07) is 21.0. The molecule has 2 unspecified atom stereocenters. The fraction of sp³-hybridized carbons (Fsp3) is 0.400. The number of hydrogen-bond acceptors (Lipinski definition) is 6. The minimum Gasteiger partial charge on any atom is -0.497 e. The van der Waals surface area contributed by atoms with Crippen LogP contribution >= 0.6 is 15.9 Å². The second-order valence-corrected chi connectivity index (χ2v) is 12.6. The molecule has 3 aromatic carbocycles. The Balaban J connectivity index is 1.04. The molecular weight excluding hydrogens is 625 g/mol. The Hall–Kier alpha value is -3.40. The molecule has 9 heteroatoms. The van der Waals surface area contributed by atoms with Crippen LogP contribution in [-0.4, -0.2) is 62.8 Å². The summed E-state index contributed by atoms with van der Waals surface area (Å²) >= 11 is 3.41. The van der Waals surface area contributed by atoms with E-state index in [0.29, 0.717) is 31.5 Å². The highest BCUT2D eigenvalue weighted by Gasteiger charge is 2.44. The lowest BCUT2D eigenvalue weighted by molar-refractivity contribution is -0.128. The van der Waals surface area contributed by atoms with Crippen LogP contribution in [0.3, 0.4) is 0 Å². The molecule has 7 nitrogen and oxygen atoms in total. The van der Waals surface area contributed by atoms with Gasteiger partial charge in [-0.3, -0.25) is 10.1 Å². The summed E-state index contributed by atoms with van der Waals surface area (Å²) in [6.07, 6.45) is 6.69. The number of amides is 1. The lowest BCUT2D eigenvalue weighted by Gasteiger charge is -2.47. The number of benzene rings is 3. The van der Waals surface area contributed by atoms with E-state index in [1.54, 1.807) is 13.2 Å². The molecule has 0 spiro atoms. The first-order valence-corrected chi connectivity index (χ1v) is 16.2. The lowest BCUT2D eigenvalue weighted by Crippen LogP contribution is -2.65. The van der Waals surface area contributed by atoms with E-state index in [9.17, 15) is 9.18 Å². The fourth-order valence-corrected chi connectivity index (χ4v) is 6.48. The van der Waals surface area contributed by atoms with Gasteiger partial charge in [-0.05, 0) is 95.6 Å². The molecule has 2 N–H and O–H groups in total. The second-order valence-electron chi connectivity index (χ2n) is 11.8. The molecule has 2 heterocycles. The van der Waals surface area contributed by atoms with Crippen molar-refractivity contribution in [1.82, 2.24) is 15.5 Å². The molecule has 2 atom stereocenters. The highest BCUT2D eigenvalue weighted by Crippen LogP contribution is 2.36. The molecule has 1 saturated carbocycles. The van der Waals surface area contributed by atoms with Gasteiger partial charge >= 0.3 is 0 Å². The summed E-state index contributed by atoms with van der Waals surface area (Å²) in [5, 5.41) is 7.44. The lowest BCUT2D eigenvalue weighted by atomic mass is 9.78. The first-order chi connectivity index (χ1) is 21.4. The van der Waals surface area contributed by atoms with Crippen LogP contribution in [0, 0.1) is 5.82 Å². The van der Waals surface area contributed by atoms with Gasteiger partial charge < -0.3 is 24.4 Å². The molecule has 3 aromatic rings. The Kier molecular flexibility index (Phi) is 9.54. The number of nitrogens with one attached hydrogen (secondary N) is 2. The predicted molar refractivity (Wildman–Crippen MR) is 172 cm³/mol. The van der Waals surface area contributed by atoms with Crippen LogP contribution < -0.4 is 24.8 Å². The third-order valence-corrected chi connectivity index (χ3v) is 9.35. The van der Waals surface area contributed by atoms with E-state index < -0.39 is 0 Å². The number of hydrogen-bond donors (Lipinski definition) is 2. The van der Waals surface area contributed by atoms with Crippen LogP contribution in [0.4, 0.5) is 4.39 Å². The molecule has 2 fully saturated rings. The maximum absolute atomic E-state index is 13.8. The van der Waals surface area contributed by atoms with Crippen LogP contribution in [0.1, 0.15) is 36.8 Å². The Morgan fingerprint density at radius 3 is 2.55 bits per heavy atom. The maximum atomic E-state index is 13.8. The number of nitrogens with zero attached hydrogens (tertiary/aromatic N) is 1. The van der Waals surface area contributed by atoms with Crippen molar-refractivity contribution < 1.29 is 23.4 Å². The predicted octanol–water partition coefficient (Wildman–Crippen LogP) is 5.77. The number of aryl methyl sites for hydroxylation is 1. The monoisotopic (exact) mass is 663 g/mol. The van der Waals surface area contributed by atoms with Gasteiger partial charge in [0.05, 0.1) is 36.3 Å². The van der Waals surface area contributed by atoms with Gasteiger partial charge in [-0.15, -0.1) is 0 Å². The first-order valence-electron chi connectivity index (χ1n) is 15.4. The minimum atomic E-state index is -0.309. The van der Waals surface area contributed by atoms with Crippen molar-refractivity contribution in [2.24, 2.45) is 0 Å². The van der Waals surface area contributed by atoms with Crippen molar-refractivity contribution in [2.45, 2.75) is 49.7 Å². The molecule has 232 valence electrons. The van der Waals surface area contributed by atoms with Crippen LogP contribution in [-0.2, 0) is 16.8 Å². The summed E-state index contributed by atoms with van der Waals surface area (Å²) in [5.74, 6) is 1.88. The van der Waals surface area contributed by atoms with Gasteiger partial charge in [0.25, 0.3) is 5.91 Å². The molecule has 1 aliphatic carbocycles. The van der Waals surface area contributed by atoms with Crippen LogP contribution in [0.2, 0.25) is 0 Å². The molecule has 0 radical (unpaired) electrons. The third kappa shape index (κ3) is 7.11. The Bertz CT molecular complexity index is 1480. The van der Waals surface area contributed by atoms with Crippen molar-refractivity contribution in [3.05, 3.63) is 99.8 Å². The number of methoxy groups -OCH3 is 1. The number of carbonyl (C=O) groups excluding carboxylic acids is 1. The normalized spacial score (nSPS) is 20.9. The van der Waals surface area contributed by atoms with Gasteiger partial charge in [-0.1, -0.05) is 30.3 Å². The van der Waals surface area contributed by atoms with E-state index in [-0.39, 0.29) is 23.3 Å². The SMILES string of the molecule is COc1ccc(OCCN(C(=O)C2=CCC3(c4ccc(CCCOc5cc(F)ccc5Br)cc4)CNCC2N3)C2CC2)cc1. The molecule has 2 aliphatic heterocycles. The third-order valence-electron chi connectivity index (χ3n) is 8.69. The van der Waals surface area contributed by atoms with E-state index in [0.717, 1.165) is 66.7 Å². The van der Waals surface area contributed by atoms with Gasteiger partial charge in [0, 0.05) is 30.8 Å². The molecule has 1 amide bonds. The number of rotatable bonds is 13. The van der Waals surface area contributed by atoms with E-state index in [4.69, 9.17) is 14.2 Å². The van der Waals surface area contributed by atoms with E-state index in [1.807, 2.05) is 29.2 Å². The average Bonchev–Trinajstić information content (AvgIpc) is 3.89. The number of fused-ring (bicyclic) bond motifs is 2. The second kappa shape index (κ2) is 13.7. The number of halogens is 2. The van der Waals surface area contributed by atoms with E-state index >= 15 is 0 Å². The van der Waals surface area contributed by atoms with Crippen molar-refractivity contribution >= 4 is 21.8 Å². The van der Waals surface area contributed by atoms with Crippen LogP contribution in [0.5, 0.6) is 17.2 Å². The highest BCUT2D eigenvalue weighted by atomic mass is 79.9. The zero-order valence-electron chi connectivity index (χ0n) is 25.0. The Morgan fingerprint density at radius 1 is 1.02 bits per heavy atom. The minimum absolute atomic E-state index is 0.0484. The van der Waals surface area contributed by atoms with E-state index in [2.05, 4.69) is 56.9 Å². The van der Waals surface area contributed by atoms with Crippen molar-refractivity contribution in [2.75, 3.05) is 40.0 Å². The topological polar surface area (TPSA) is 72.1 Å². The largest absolute Gasteiger partial charge is 0.497 e. The van der Waals surface area contributed by atoms with Gasteiger partial charge in [-0.2, -0.15) is 0 Å². The van der Waals surface area contributed by atoms with Gasteiger partial charge in [0.1, 0.15) is 29.7 Å². The van der Waals surface area contributed by atoms with E-state index in [1.165, 1.54) is 23.3 Å². The molecule has 3 aliphatic rings. The summed E-state index contributed by atoms with van der Waals surface area (Å²) in [4.78, 5) is 15.8. The first kappa shape index (κ1) is 30.6.